The first-order chi connectivity index (χ1) is 13.5. The summed E-state index contributed by atoms with van der Waals surface area (Å²) >= 11 is 6.11. The third kappa shape index (κ3) is 5.12. The second kappa shape index (κ2) is 9.53. The number of nitrogens with zero attached hydrogens (tertiary/aromatic N) is 1. The van der Waals surface area contributed by atoms with Gasteiger partial charge in [-0.05, 0) is 43.8 Å². The van der Waals surface area contributed by atoms with Crippen molar-refractivity contribution in [3.8, 4) is 5.75 Å². The van der Waals surface area contributed by atoms with Gasteiger partial charge in [-0.3, -0.25) is 9.78 Å². The van der Waals surface area contributed by atoms with E-state index in [1.54, 1.807) is 12.3 Å². The van der Waals surface area contributed by atoms with E-state index in [2.05, 4.69) is 11.6 Å². The third-order valence-electron chi connectivity index (χ3n) is 5.26. The van der Waals surface area contributed by atoms with E-state index < -0.39 is 0 Å². The molecule has 28 heavy (non-hydrogen) atoms. The number of aromatic nitrogens is 1. The van der Waals surface area contributed by atoms with Gasteiger partial charge in [0.1, 0.15) is 6.10 Å². The molecule has 4 nitrogen and oxygen atoms in total. The summed E-state index contributed by atoms with van der Waals surface area (Å²) in [6.45, 7) is 8.13. The predicted molar refractivity (Wildman–Crippen MR) is 111 cm³/mol. The molecule has 1 aromatic heterocycles. The standard InChI is InChI=1S/C23H28ClNO3/c1-4-17(11-12-18(24)5-2)23-19-13-25-15(3)22(20(19)14-27-23)28-21(26)8-6-7-16-9-10-16/h4,11-13,16,23H,1,5-10,14H2,2-3H3. The first-order valence-corrected chi connectivity index (χ1v) is 10.4. The van der Waals surface area contributed by atoms with E-state index >= 15 is 0 Å². The largest absolute Gasteiger partial charge is 0.424 e. The number of aryl methyl sites for hydroxylation is 1. The molecule has 2 heterocycles. The number of halogens is 1. The van der Waals surface area contributed by atoms with E-state index in [1.165, 1.54) is 12.8 Å². The zero-order valence-corrected chi connectivity index (χ0v) is 17.4. The Labute approximate surface area is 172 Å². The molecule has 1 fully saturated rings. The number of carbonyl (C=O) groups is 1. The van der Waals surface area contributed by atoms with Crippen molar-refractivity contribution in [2.24, 2.45) is 5.92 Å². The predicted octanol–water partition coefficient (Wildman–Crippen LogP) is 6.09. The summed E-state index contributed by atoms with van der Waals surface area (Å²) in [7, 11) is 0. The minimum Gasteiger partial charge on any atom is -0.424 e. The van der Waals surface area contributed by atoms with Crippen LogP contribution >= 0.6 is 11.6 Å². The van der Waals surface area contributed by atoms with Crippen molar-refractivity contribution in [3.05, 3.63) is 58.4 Å². The van der Waals surface area contributed by atoms with Gasteiger partial charge >= 0.3 is 5.97 Å². The molecule has 0 bridgehead atoms. The van der Waals surface area contributed by atoms with Crippen molar-refractivity contribution < 1.29 is 14.3 Å². The van der Waals surface area contributed by atoms with Crippen LogP contribution in [0.4, 0.5) is 0 Å². The molecule has 1 saturated carbocycles. The normalized spacial score (nSPS) is 19.5. The van der Waals surface area contributed by atoms with Crippen LogP contribution in [0.3, 0.4) is 0 Å². The highest BCUT2D eigenvalue weighted by atomic mass is 35.5. The molecule has 1 unspecified atom stereocenters. The van der Waals surface area contributed by atoms with Crippen molar-refractivity contribution >= 4 is 17.6 Å². The van der Waals surface area contributed by atoms with Gasteiger partial charge in [0.15, 0.2) is 5.75 Å². The Morgan fingerprint density at radius 2 is 2.21 bits per heavy atom. The van der Waals surface area contributed by atoms with Crippen molar-refractivity contribution in [2.45, 2.75) is 65.1 Å². The van der Waals surface area contributed by atoms with Gasteiger partial charge in [-0.15, -0.1) is 0 Å². The Hall–Kier alpha value is -1.91. The lowest BCUT2D eigenvalue weighted by Crippen LogP contribution is -2.11. The zero-order chi connectivity index (χ0) is 20.1. The van der Waals surface area contributed by atoms with Gasteiger partial charge in [0.05, 0.1) is 12.3 Å². The minimum atomic E-state index is -0.287. The van der Waals surface area contributed by atoms with Gasteiger partial charge in [0.2, 0.25) is 0 Å². The molecule has 1 atom stereocenters. The highest BCUT2D eigenvalue weighted by Crippen LogP contribution is 2.41. The van der Waals surface area contributed by atoms with E-state index in [-0.39, 0.29) is 12.1 Å². The van der Waals surface area contributed by atoms with Crippen LogP contribution in [-0.4, -0.2) is 11.0 Å². The maximum absolute atomic E-state index is 12.3. The summed E-state index contributed by atoms with van der Waals surface area (Å²) in [5, 5.41) is 0.764. The molecule has 0 N–H and O–H groups in total. The smallest absolute Gasteiger partial charge is 0.311 e. The number of fused-ring (bicyclic) bond motifs is 1. The molecular weight excluding hydrogens is 374 g/mol. The number of pyridine rings is 1. The van der Waals surface area contributed by atoms with Gasteiger partial charge in [-0.1, -0.05) is 50.1 Å². The molecule has 1 aliphatic heterocycles. The van der Waals surface area contributed by atoms with Crippen molar-refractivity contribution in [1.82, 2.24) is 4.98 Å². The van der Waals surface area contributed by atoms with E-state index in [0.29, 0.717) is 24.5 Å². The van der Waals surface area contributed by atoms with Gasteiger partial charge in [0.25, 0.3) is 0 Å². The van der Waals surface area contributed by atoms with Gasteiger partial charge in [0, 0.05) is 28.8 Å². The van der Waals surface area contributed by atoms with Crippen LogP contribution in [-0.2, 0) is 16.1 Å². The number of rotatable bonds is 9. The molecule has 2 aliphatic rings. The van der Waals surface area contributed by atoms with Gasteiger partial charge < -0.3 is 9.47 Å². The molecule has 150 valence electrons. The molecule has 0 radical (unpaired) electrons. The Bertz CT molecular complexity index is 808. The Morgan fingerprint density at radius 3 is 2.89 bits per heavy atom. The van der Waals surface area contributed by atoms with Crippen LogP contribution in [0.5, 0.6) is 5.75 Å². The summed E-state index contributed by atoms with van der Waals surface area (Å²) in [6, 6.07) is 0. The summed E-state index contributed by atoms with van der Waals surface area (Å²) in [5.41, 5.74) is 3.42. The number of esters is 1. The second-order valence-corrected chi connectivity index (χ2v) is 7.93. The number of hydrogen-bond acceptors (Lipinski definition) is 4. The fourth-order valence-electron chi connectivity index (χ4n) is 3.37. The first-order valence-electron chi connectivity index (χ1n) is 10.0. The topological polar surface area (TPSA) is 48.4 Å². The highest BCUT2D eigenvalue weighted by Gasteiger charge is 2.30. The maximum Gasteiger partial charge on any atom is 0.311 e. The number of hydrogen-bond donors (Lipinski definition) is 0. The quantitative estimate of drug-likeness (QED) is 0.371. The number of carbonyl (C=O) groups excluding carboxylic acids is 1. The maximum atomic E-state index is 12.3. The monoisotopic (exact) mass is 401 g/mol. The first kappa shape index (κ1) is 20.8. The average molecular weight is 402 g/mol. The van der Waals surface area contributed by atoms with Crippen LogP contribution in [0.1, 0.15) is 68.4 Å². The molecule has 5 heteroatoms. The molecule has 1 aromatic rings. The van der Waals surface area contributed by atoms with Gasteiger partial charge in [-0.25, -0.2) is 0 Å². The van der Waals surface area contributed by atoms with Crippen molar-refractivity contribution in [2.75, 3.05) is 0 Å². The summed E-state index contributed by atoms with van der Waals surface area (Å²) in [4.78, 5) is 16.7. The molecule has 0 saturated heterocycles. The highest BCUT2D eigenvalue weighted by molar-refractivity contribution is 6.29. The summed E-state index contributed by atoms with van der Waals surface area (Å²) in [5.74, 6) is 1.17. The van der Waals surface area contributed by atoms with Crippen LogP contribution in [0.2, 0.25) is 0 Å². The van der Waals surface area contributed by atoms with Crippen LogP contribution in [0, 0.1) is 12.8 Å². The minimum absolute atomic E-state index is 0.195. The van der Waals surface area contributed by atoms with E-state index in [0.717, 1.165) is 46.9 Å². The SMILES string of the molecule is C=CC(=CC=C(Cl)CC)C1OCc2c1cnc(C)c2OC(=O)CCCC1CC1. The zero-order valence-electron chi connectivity index (χ0n) is 16.7. The lowest BCUT2D eigenvalue weighted by Gasteiger charge is -2.14. The third-order valence-corrected chi connectivity index (χ3v) is 5.66. The fourth-order valence-corrected chi connectivity index (χ4v) is 3.43. The molecule has 0 amide bonds. The van der Waals surface area contributed by atoms with Gasteiger partial charge in [-0.2, -0.15) is 0 Å². The van der Waals surface area contributed by atoms with Crippen LogP contribution in [0.15, 0.2) is 41.6 Å². The number of allylic oxidation sites excluding steroid dienone is 3. The molecule has 3 rings (SSSR count). The van der Waals surface area contributed by atoms with Crippen molar-refractivity contribution in [3.63, 3.8) is 0 Å². The number of ether oxygens (including phenoxy) is 2. The second-order valence-electron chi connectivity index (χ2n) is 7.45. The molecule has 0 aromatic carbocycles. The van der Waals surface area contributed by atoms with Crippen LogP contribution in [0.25, 0.3) is 0 Å². The van der Waals surface area contributed by atoms with E-state index in [1.807, 2.05) is 26.0 Å². The lowest BCUT2D eigenvalue weighted by molar-refractivity contribution is -0.134. The fraction of sp³-hybridized carbons (Fsp3) is 0.478. The van der Waals surface area contributed by atoms with E-state index in [4.69, 9.17) is 21.1 Å². The Balaban J connectivity index is 1.76. The summed E-state index contributed by atoms with van der Waals surface area (Å²) in [6.07, 6.45) is 12.9. The Kier molecular flexibility index (Phi) is 7.08. The molecular formula is C23H28ClNO3. The molecule has 0 spiro atoms. The van der Waals surface area contributed by atoms with E-state index in [9.17, 15) is 4.79 Å². The van der Waals surface area contributed by atoms with Crippen LogP contribution < -0.4 is 4.74 Å². The molecule has 1 aliphatic carbocycles. The summed E-state index contributed by atoms with van der Waals surface area (Å²) < 4.78 is 11.7. The Morgan fingerprint density at radius 1 is 1.43 bits per heavy atom. The lowest BCUT2D eigenvalue weighted by atomic mass is 9.99. The van der Waals surface area contributed by atoms with Crippen molar-refractivity contribution in [1.29, 1.82) is 0 Å². The average Bonchev–Trinajstić information content (AvgIpc) is 3.42.